The van der Waals surface area contributed by atoms with Crippen LogP contribution in [0.3, 0.4) is 0 Å². The van der Waals surface area contributed by atoms with Crippen LogP contribution in [0.4, 0.5) is 0 Å². The Bertz CT molecular complexity index is 424. The van der Waals surface area contributed by atoms with Gasteiger partial charge in [-0.2, -0.15) is 0 Å². The minimum absolute atomic E-state index is 0.542. The predicted molar refractivity (Wildman–Crippen MR) is 72.7 cm³/mol. The van der Waals surface area contributed by atoms with Gasteiger partial charge >= 0.3 is 0 Å². The molecule has 0 saturated carbocycles. The molecule has 19 heavy (non-hydrogen) atoms. The number of ether oxygens (including phenoxy) is 3. The lowest BCUT2D eigenvalue weighted by atomic mass is 9.86. The molecule has 0 radical (unpaired) electrons. The molecule has 0 bridgehead atoms. The maximum atomic E-state index is 10.6. The second kappa shape index (κ2) is 5.80. The normalized spacial score (nSPS) is 24.8. The third kappa shape index (κ3) is 2.85. The van der Waals surface area contributed by atoms with Gasteiger partial charge in [-0.3, -0.25) is 0 Å². The fourth-order valence-corrected chi connectivity index (χ4v) is 2.54. The zero-order chi connectivity index (χ0) is 13.9. The monoisotopic (exact) mass is 266 g/mol. The van der Waals surface area contributed by atoms with E-state index in [4.69, 9.17) is 14.2 Å². The molecule has 1 aliphatic rings. The Morgan fingerprint density at radius 3 is 2.63 bits per heavy atom. The van der Waals surface area contributed by atoms with Crippen molar-refractivity contribution in [2.45, 2.75) is 37.9 Å². The van der Waals surface area contributed by atoms with Crippen molar-refractivity contribution in [2.24, 2.45) is 0 Å². The summed E-state index contributed by atoms with van der Waals surface area (Å²) in [4.78, 5) is 0. The molecule has 106 valence electrons. The molecule has 2 atom stereocenters. The van der Waals surface area contributed by atoms with Crippen molar-refractivity contribution in [2.75, 3.05) is 20.8 Å². The van der Waals surface area contributed by atoms with Crippen LogP contribution >= 0.6 is 0 Å². The fourth-order valence-electron chi connectivity index (χ4n) is 2.54. The van der Waals surface area contributed by atoms with Gasteiger partial charge in [-0.25, -0.2) is 0 Å². The first-order valence-electron chi connectivity index (χ1n) is 6.64. The molecular formula is C15H22O4. The smallest absolute Gasteiger partial charge is 0.128 e. The van der Waals surface area contributed by atoms with Gasteiger partial charge in [-0.05, 0) is 38.3 Å². The first-order chi connectivity index (χ1) is 9.10. The van der Waals surface area contributed by atoms with Crippen molar-refractivity contribution >= 4 is 0 Å². The summed E-state index contributed by atoms with van der Waals surface area (Å²) in [5, 5.41) is 10.6. The first kappa shape index (κ1) is 14.2. The third-order valence-electron chi connectivity index (χ3n) is 3.81. The van der Waals surface area contributed by atoms with E-state index in [0.29, 0.717) is 18.1 Å². The van der Waals surface area contributed by atoms with Gasteiger partial charge in [-0.1, -0.05) is 0 Å². The van der Waals surface area contributed by atoms with Crippen LogP contribution in [0, 0.1) is 0 Å². The number of hydrogen-bond donors (Lipinski definition) is 1. The Kier molecular flexibility index (Phi) is 4.32. The average Bonchev–Trinajstić information content (AvgIpc) is 2.46. The topological polar surface area (TPSA) is 47.9 Å². The summed E-state index contributed by atoms with van der Waals surface area (Å²) >= 11 is 0. The van der Waals surface area contributed by atoms with E-state index in [1.807, 2.05) is 19.1 Å². The molecule has 1 N–H and O–H groups in total. The molecule has 4 heteroatoms. The summed E-state index contributed by atoms with van der Waals surface area (Å²) in [6.07, 6.45) is 2.28. The molecular weight excluding hydrogens is 244 g/mol. The molecule has 0 aliphatic carbocycles. The Morgan fingerprint density at radius 1 is 1.26 bits per heavy atom. The van der Waals surface area contributed by atoms with Crippen molar-refractivity contribution < 1.29 is 19.3 Å². The highest BCUT2D eigenvalue weighted by atomic mass is 16.5. The predicted octanol–water partition coefficient (Wildman–Crippen LogP) is 2.70. The van der Waals surface area contributed by atoms with Crippen LogP contribution in [0.1, 0.15) is 37.9 Å². The van der Waals surface area contributed by atoms with Gasteiger partial charge in [0.15, 0.2) is 0 Å². The number of rotatable bonds is 4. The largest absolute Gasteiger partial charge is 0.497 e. The van der Waals surface area contributed by atoms with E-state index in [1.54, 1.807) is 20.3 Å². The summed E-state index contributed by atoms with van der Waals surface area (Å²) < 4.78 is 16.3. The van der Waals surface area contributed by atoms with E-state index in [-0.39, 0.29) is 0 Å². The van der Waals surface area contributed by atoms with E-state index < -0.39 is 11.7 Å². The van der Waals surface area contributed by atoms with Crippen LogP contribution in [0.5, 0.6) is 11.5 Å². The molecule has 2 unspecified atom stereocenters. The number of methoxy groups -OCH3 is 2. The summed E-state index contributed by atoms with van der Waals surface area (Å²) in [5.74, 6) is 1.34. The SMILES string of the molecule is COc1ccc(C(O)C2(C)CCCCO2)c(OC)c1. The number of aliphatic hydroxyl groups is 1. The highest BCUT2D eigenvalue weighted by molar-refractivity contribution is 5.42. The van der Waals surface area contributed by atoms with Gasteiger partial charge in [0.05, 0.1) is 19.8 Å². The van der Waals surface area contributed by atoms with E-state index >= 15 is 0 Å². The molecule has 1 fully saturated rings. The van der Waals surface area contributed by atoms with Crippen LogP contribution in [0.2, 0.25) is 0 Å². The van der Waals surface area contributed by atoms with Crippen LogP contribution < -0.4 is 9.47 Å². The van der Waals surface area contributed by atoms with Gasteiger partial charge in [0.1, 0.15) is 17.6 Å². The Morgan fingerprint density at radius 2 is 2.05 bits per heavy atom. The lowest BCUT2D eigenvalue weighted by molar-refractivity contribution is -0.138. The van der Waals surface area contributed by atoms with Crippen molar-refractivity contribution in [3.63, 3.8) is 0 Å². The number of benzene rings is 1. The maximum Gasteiger partial charge on any atom is 0.128 e. The Labute approximate surface area is 114 Å². The second-order valence-corrected chi connectivity index (χ2v) is 5.13. The van der Waals surface area contributed by atoms with Crippen molar-refractivity contribution in [1.82, 2.24) is 0 Å². The molecule has 2 rings (SSSR count). The molecule has 1 heterocycles. The summed E-state index contributed by atoms with van der Waals surface area (Å²) in [6.45, 7) is 2.66. The first-order valence-corrected chi connectivity index (χ1v) is 6.64. The summed E-state index contributed by atoms with van der Waals surface area (Å²) in [6, 6.07) is 5.45. The van der Waals surface area contributed by atoms with Crippen LogP contribution in [0.25, 0.3) is 0 Å². The van der Waals surface area contributed by atoms with Gasteiger partial charge < -0.3 is 19.3 Å². The van der Waals surface area contributed by atoms with Gasteiger partial charge in [-0.15, -0.1) is 0 Å². The molecule has 1 aromatic rings. The van der Waals surface area contributed by atoms with Crippen molar-refractivity contribution in [3.05, 3.63) is 23.8 Å². The molecule has 1 aromatic carbocycles. The second-order valence-electron chi connectivity index (χ2n) is 5.13. The number of hydrogen-bond acceptors (Lipinski definition) is 4. The van der Waals surface area contributed by atoms with Crippen LogP contribution in [-0.4, -0.2) is 31.5 Å². The third-order valence-corrected chi connectivity index (χ3v) is 3.81. The van der Waals surface area contributed by atoms with E-state index in [1.165, 1.54) is 0 Å². The average molecular weight is 266 g/mol. The van der Waals surface area contributed by atoms with Gasteiger partial charge in [0.2, 0.25) is 0 Å². The van der Waals surface area contributed by atoms with Crippen molar-refractivity contribution in [1.29, 1.82) is 0 Å². The Hall–Kier alpha value is -1.26. The van der Waals surface area contributed by atoms with Gasteiger partial charge in [0, 0.05) is 18.2 Å². The zero-order valence-corrected chi connectivity index (χ0v) is 11.8. The lowest BCUT2D eigenvalue weighted by Gasteiger charge is -2.38. The van der Waals surface area contributed by atoms with Crippen molar-refractivity contribution in [3.8, 4) is 11.5 Å². The minimum Gasteiger partial charge on any atom is -0.497 e. The maximum absolute atomic E-state index is 10.6. The van der Waals surface area contributed by atoms with Crippen LogP contribution in [0.15, 0.2) is 18.2 Å². The molecule has 0 aromatic heterocycles. The molecule has 4 nitrogen and oxygen atoms in total. The molecule has 0 amide bonds. The van der Waals surface area contributed by atoms with E-state index in [0.717, 1.165) is 24.8 Å². The number of aliphatic hydroxyl groups excluding tert-OH is 1. The Balaban J connectivity index is 2.29. The molecule has 1 saturated heterocycles. The van der Waals surface area contributed by atoms with E-state index in [2.05, 4.69) is 0 Å². The van der Waals surface area contributed by atoms with Crippen LogP contribution in [-0.2, 0) is 4.74 Å². The lowest BCUT2D eigenvalue weighted by Crippen LogP contribution is -2.39. The fraction of sp³-hybridized carbons (Fsp3) is 0.600. The highest BCUT2D eigenvalue weighted by Crippen LogP contribution is 2.40. The zero-order valence-electron chi connectivity index (χ0n) is 11.8. The highest BCUT2D eigenvalue weighted by Gasteiger charge is 2.38. The minimum atomic E-state index is -0.700. The molecule has 0 spiro atoms. The van der Waals surface area contributed by atoms with E-state index in [9.17, 15) is 5.11 Å². The molecule has 1 aliphatic heterocycles. The van der Waals surface area contributed by atoms with Gasteiger partial charge in [0.25, 0.3) is 0 Å². The summed E-state index contributed by atoms with van der Waals surface area (Å²) in [5.41, 5.74) is 0.202. The standard InChI is InChI=1S/C15H22O4/c1-15(8-4-5-9-19-15)14(16)12-7-6-11(17-2)10-13(12)18-3/h6-7,10,14,16H,4-5,8-9H2,1-3H3. The summed E-state index contributed by atoms with van der Waals surface area (Å²) in [7, 11) is 3.20. The quantitative estimate of drug-likeness (QED) is 0.910.